The standard InChI is InChI=1S/C19H24N2P.Y/c1-15-8-9-19(16(2)14-15)21(17-6-4-3-5-7-17)18-10-12-20(22)13-11-18;/h3-6,8-9,14,18H,10-13,22H2,1-2H3;/q-1;. The Balaban J connectivity index is 0.00000192. The molecule has 0 saturated carbocycles. The zero-order valence-corrected chi connectivity index (χ0v) is 18.0. The van der Waals surface area contributed by atoms with Gasteiger partial charge >= 0.3 is 0 Å². The number of benzene rings is 2. The maximum Gasteiger partial charge on any atom is 0.0424 e. The number of nitrogens with zero attached hydrogens (tertiary/aromatic N) is 2. The first-order valence-corrected chi connectivity index (χ1v) is 8.49. The van der Waals surface area contributed by atoms with E-state index in [-0.39, 0.29) is 32.7 Å². The third kappa shape index (κ3) is 4.63. The van der Waals surface area contributed by atoms with Crippen LogP contribution in [0, 0.1) is 19.9 Å². The molecule has 0 spiro atoms. The van der Waals surface area contributed by atoms with Crippen molar-refractivity contribution < 1.29 is 32.7 Å². The predicted octanol–water partition coefficient (Wildman–Crippen LogP) is 4.49. The molecule has 4 heteroatoms. The van der Waals surface area contributed by atoms with Gasteiger partial charge in [0.2, 0.25) is 0 Å². The van der Waals surface area contributed by atoms with E-state index in [4.69, 9.17) is 0 Å². The van der Waals surface area contributed by atoms with Crippen LogP contribution < -0.4 is 4.90 Å². The second kappa shape index (κ2) is 8.72. The van der Waals surface area contributed by atoms with Crippen LogP contribution in [0.15, 0.2) is 42.5 Å². The summed E-state index contributed by atoms with van der Waals surface area (Å²) in [4.78, 5) is 2.49. The minimum Gasteiger partial charge on any atom is -0.362 e. The van der Waals surface area contributed by atoms with Crippen LogP contribution in [0.5, 0.6) is 0 Å². The molecule has 2 nitrogen and oxygen atoms in total. The molecule has 1 fully saturated rings. The summed E-state index contributed by atoms with van der Waals surface area (Å²) in [6.45, 7) is 6.62. The fraction of sp³-hybridized carbons (Fsp3) is 0.368. The summed E-state index contributed by atoms with van der Waals surface area (Å²) in [5.41, 5.74) is 5.15. The molecule has 3 rings (SSSR count). The zero-order chi connectivity index (χ0) is 15.5. The number of aryl methyl sites for hydroxylation is 2. The first-order valence-electron chi connectivity index (χ1n) is 7.98. The summed E-state index contributed by atoms with van der Waals surface area (Å²) >= 11 is 0. The van der Waals surface area contributed by atoms with Crippen molar-refractivity contribution in [1.29, 1.82) is 0 Å². The first kappa shape index (κ1) is 19.1. The summed E-state index contributed by atoms with van der Waals surface area (Å²) < 4.78 is 2.34. The molecule has 0 bridgehead atoms. The van der Waals surface area contributed by atoms with Crippen LogP contribution in [0.2, 0.25) is 0 Å². The fourth-order valence-electron chi connectivity index (χ4n) is 3.28. The van der Waals surface area contributed by atoms with E-state index in [1.165, 1.54) is 35.3 Å². The van der Waals surface area contributed by atoms with Crippen LogP contribution in [0.4, 0.5) is 11.4 Å². The van der Waals surface area contributed by atoms with Gasteiger partial charge in [-0.2, -0.15) is 24.3 Å². The van der Waals surface area contributed by atoms with Gasteiger partial charge in [0.15, 0.2) is 0 Å². The Bertz CT molecular complexity index is 625. The van der Waals surface area contributed by atoms with E-state index < -0.39 is 0 Å². The number of hydrogen-bond acceptors (Lipinski definition) is 2. The van der Waals surface area contributed by atoms with Gasteiger partial charge in [0.1, 0.15) is 0 Å². The fourth-order valence-corrected chi connectivity index (χ4v) is 3.57. The Morgan fingerprint density at radius 3 is 2.48 bits per heavy atom. The Kier molecular flexibility index (Phi) is 7.23. The average Bonchev–Trinajstić information content (AvgIpc) is 2.52. The molecule has 2 aromatic rings. The van der Waals surface area contributed by atoms with Gasteiger partial charge in [-0.05, 0) is 38.3 Å². The summed E-state index contributed by atoms with van der Waals surface area (Å²) in [6, 6.07) is 19.0. The quantitative estimate of drug-likeness (QED) is 0.553. The van der Waals surface area contributed by atoms with Crippen molar-refractivity contribution in [1.82, 2.24) is 4.67 Å². The molecule has 0 aromatic heterocycles. The largest absolute Gasteiger partial charge is 0.362 e. The molecule has 1 unspecified atom stereocenters. The van der Waals surface area contributed by atoms with Crippen LogP contribution in [-0.2, 0) is 32.7 Å². The van der Waals surface area contributed by atoms with Crippen LogP contribution in [-0.4, -0.2) is 23.8 Å². The number of anilines is 2. The monoisotopic (exact) mass is 400 g/mol. The molecule has 1 atom stereocenters. The molecule has 1 aliphatic rings. The molecule has 119 valence electrons. The summed E-state index contributed by atoms with van der Waals surface area (Å²) in [7, 11) is 2.83. The summed E-state index contributed by atoms with van der Waals surface area (Å²) in [5, 5.41) is 0. The number of piperidine rings is 1. The van der Waals surface area contributed by atoms with E-state index >= 15 is 0 Å². The first-order chi connectivity index (χ1) is 10.6. The van der Waals surface area contributed by atoms with Crippen molar-refractivity contribution >= 4 is 20.8 Å². The molecule has 1 radical (unpaired) electrons. The van der Waals surface area contributed by atoms with Gasteiger partial charge < -0.3 is 4.90 Å². The Morgan fingerprint density at radius 1 is 1.13 bits per heavy atom. The van der Waals surface area contributed by atoms with Crippen LogP contribution in [0.1, 0.15) is 24.0 Å². The van der Waals surface area contributed by atoms with Crippen LogP contribution in [0.3, 0.4) is 0 Å². The molecular weight excluding hydrogens is 376 g/mol. The molecule has 0 N–H and O–H groups in total. The Morgan fingerprint density at radius 2 is 1.87 bits per heavy atom. The van der Waals surface area contributed by atoms with E-state index in [0.717, 1.165) is 13.1 Å². The van der Waals surface area contributed by atoms with Gasteiger partial charge in [-0.1, -0.05) is 32.8 Å². The third-order valence-corrected chi connectivity index (χ3v) is 4.94. The van der Waals surface area contributed by atoms with E-state index in [1.807, 2.05) is 12.1 Å². The second-order valence-corrected chi connectivity index (χ2v) is 6.91. The maximum absolute atomic E-state index is 3.42. The molecule has 1 saturated heterocycles. The molecular formula is C19H24N2PY-. The van der Waals surface area contributed by atoms with Crippen molar-refractivity contribution in [2.45, 2.75) is 32.7 Å². The second-order valence-electron chi connectivity index (χ2n) is 6.17. The van der Waals surface area contributed by atoms with Gasteiger partial charge in [-0.3, -0.25) is 4.67 Å². The predicted molar refractivity (Wildman–Crippen MR) is 97.6 cm³/mol. The van der Waals surface area contributed by atoms with Gasteiger partial charge in [0.25, 0.3) is 0 Å². The Hall–Kier alpha value is -0.266. The molecule has 0 aliphatic carbocycles. The van der Waals surface area contributed by atoms with Crippen molar-refractivity contribution in [3.05, 3.63) is 59.7 Å². The minimum atomic E-state index is 0. The summed E-state index contributed by atoms with van der Waals surface area (Å²) in [5.74, 6) is 0. The van der Waals surface area contributed by atoms with Crippen molar-refractivity contribution in [3.8, 4) is 0 Å². The van der Waals surface area contributed by atoms with Crippen LogP contribution in [0.25, 0.3) is 0 Å². The summed E-state index contributed by atoms with van der Waals surface area (Å²) in [6.07, 6.45) is 2.36. The topological polar surface area (TPSA) is 6.48 Å². The van der Waals surface area contributed by atoms with Gasteiger partial charge in [0.05, 0.1) is 0 Å². The van der Waals surface area contributed by atoms with E-state index in [0.29, 0.717) is 6.04 Å². The van der Waals surface area contributed by atoms with E-state index in [9.17, 15) is 0 Å². The van der Waals surface area contributed by atoms with Gasteiger partial charge in [-0.25, -0.2) is 0 Å². The molecule has 23 heavy (non-hydrogen) atoms. The minimum absolute atomic E-state index is 0. The number of hydrogen-bond donors (Lipinski definition) is 0. The van der Waals surface area contributed by atoms with Crippen molar-refractivity contribution in [3.63, 3.8) is 0 Å². The maximum atomic E-state index is 3.42. The van der Waals surface area contributed by atoms with E-state index in [2.05, 4.69) is 69.2 Å². The molecule has 1 aliphatic heterocycles. The number of rotatable bonds is 3. The Labute approximate surface area is 167 Å². The van der Waals surface area contributed by atoms with Gasteiger partial charge in [-0.15, -0.1) is 6.07 Å². The smallest absolute Gasteiger partial charge is 0.0424 e. The average molecular weight is 400 g/mol. The third-order valence-electron chi connectivity index (χ3n) is 4.43. The van der Waals surface area contributed by atoms with Crippen LogP contribution >= 0.6 is 9.39 Å². The molecule has 1 heterocycles. The van der Waals surface area contributed by atoms with Crippen molar-refractivity contribution in [2.24, 2.45) is 0 Å². The van der Waals surface area contributed by atoms with Crippen molar-refractivity contribution in [2.75, 3.05) is 18.0 Å². The SMILES string of the molecule is Cc1ccc(N(c2[c-]cccc2)C2CCN(P)CC2)c(C)c1.[Y]. The van der Waals surface area contributed by atoms with E-state index in [1.54, 1.807) is 0 Å². The molecule has 0 amide bonds. The normalized spacial score (nSPS) is 16.0. The zero-order valence-electron chi connectivity index (χ0n) is 14.0. The molecule has 2 aromatic carbocycles. The van der Waals surface area contributed by atoms with Gasteiger partial charge in [0, 0.05) is 57.5 Å². The number of para-hydroxylation sites is 1.